The van der Waals surface area contributed by atoms with Gasteiger partial charge in [0.25, 0.3) is 0 Å². The molecule has 0 atom stereocenters. The molecule has 0 unspecified atom stereocenters. The van der Waals surface area contributed by atoms with E-state index in [0.717, 1.165) is 18.2 Å². The zero-order valence-electron chi connectivity index (χ0n) is 15.3. The molecule has 0 aromatic heterocycles. The molecule has 1 aliphatic rings. The van der Waals surface area contributed by atoms with Crippen molar-refractivity contribution in [2.24, 2.45) is 0 Å². The first kappa shape index (κ1) is 25.9. The van der Waals surface area contributed by atoms with Gasteiger partial charge in [0.15, 0.2) is 0 Å². The summed E-state index contributed by atoms with van der Waals surface area (Å²) in [5, 5.41) is 12.3. The van der Waals surface area contributed by atoms with Gasteiger partial charge in [-0.25, -0.2) is 0 Å². The van der Waals surface area contributed by atoms with Crippen LogP contribution in [0, 0.1) is 7.14 Å². The van der Waals surface area contributed by atoms with Crippen molar-refractivity contribution < 1.29 is 60.9 Å². The van der Waals surface area contributed by atoms with Crippen LogP contribution in [-0.2, 0) is 14.3 Å². The van der Waals surface area contributed by atoms with Gasteiger partial charge < -0.3 is 0 Å². The molecule has 2 aromatic carbocycles. The van der Waals surface area contributed by atoms with E-state index in [2.05, 4.69) is 3.07 Å². The van der Waals surface area contributed by atoms with E-state index in [-0.39, 0.29) is 6.07 Å². The average Bonchev–Trinajstić information content (AvgIpc) is 3.02. The summed E-state index contributed by atoms with van der Waals surface area (Å²) in [6, 6.07) is 4.72. The van der Waals surface area contributed by atoms with Crippen molar-refractivity contribution in [3.8, 4) is 0 Å². The molecule has 0 bridgehead atoms. The average molecular weight is 611 g/mol. The van der Waals surface area contributed by atoms with Crippen molar-refractivity contribution in [2.45, 2.75) is 35.9 Å². The van der Waals surface area contributed by atoms with E-state index >= 15 is 0 Å². The van der Waals surface area contributed by atoms with E-state index in [1.165, 1.54) is 0 Å². The summed E-state index contributed by atoms with van der Waals surface area (Å²) in [5.41, 5.74) is -14.4. The number of rotatable bonds is 2. The van der Waals surface area contributed by atoms with Crippen LogP contribution in [0.4, 0.5) is 52.7 Å². The maximum atomic E-state index is 13.8. The Kier molecular flexibility index (Phi) is 5.98. The van der Waals surface area contributed by atoms with Crippen LogP contribution in [0.2, 0.25) is 0 Å². The summed E-state index contributed by atoms with van der Waals surface area (Å²) in [5.74, 6) is 0. The molecule has 2 nitrogen and oxygen atoms in total. The third kappa shape index (κ3) is 3.66. The Labute approximate surface area is 184 Å². The Morgan fingerprint density at radius 3 is 1.52 bits per heavy atom. The zero-order chi connectivity index (χ0) is 25.3. The van der Waals surface area contributed by atoms with E-state index in [1.807, 2.05) is 0 Å². The Morgan fingerprint density at radius 2 is 1.06 bits per heavy atom. The first-order valence-electron chi connectivity index (χ1n) is 8.36. The van der Waals surface area contributed by atoms with E-state index in [0.29, 0.717) is 24.3 Å². The molecule has 33 heavy (non-hydrogen) atoms. The number of hydrogen-bond donors (Lipinski definition) is 0. The molecule has 0 amide bonds. The molecule has 0 saturated carbocycles. The predicted molar refractivity (Wildman–Crippen MR) is 93.0 cm³/mol. The Hall–Kier alpha value is -1.75. The number of alkyl halides is 12. The second-order valence-corrected chi connectivity index (χ2v) is 10.8. The van der Waals surface area contributed by atoms with Crippen LogP contribution in [0.25, 0.3) is 0 Å². The fourth-order valence-corrected chi connectivity index (χ4v) is 8.90. The predicted octanol–water partition coefficient (Wildman–Crippen LogP) is 6.18. The Morgan fingerprint density at radius 1 is 0.636 bits per heavy atom. The molecule has 3 rings (SSSR count). The van der Waals surface area contributed by atoms with Crippen LogP contribution in [0.1, 0.15) is 11.1 Å². The van der Waals surface area contributed by atoms with Crippen LogP contribution < -0.4 is 5.11 Å². The monoisotopic (exact) mass is 611 g/mol. The molecule has 0 radical (unpaired) electrons. The van der Waals surface area contributed by atoms with Gasteiger partial charge in [-0.05, 0) is 0 Å². The summed E-state index contributed by atoms with van der Waals surface area (Å²) in [6.45, 7) is 0. The minimum atomic E-state index is -6.53. The van der Waals surface area contributed by atoms with Gasteiger partial charge in [-0.2, -0.15) is 0 Å². The van der Waals surface area contributed by atoms with E-state index in [1.54, 1.807) is 0 Å². The molecule has 0 spiro atoms. The summed E-state index contributed by atoms with van der Waals surface area (Å²) in [7, 11) is 0. The van der Waals surface area contributed by atoms with Crippen molar-refractivity contribution >= 4 is 20.2 Å². The van der Waals surface area contributed by atoms with Gasteiger partial charge in [0.2, 0.25) is 0 Å². The molecule has 0 aliphatic carbocycles. The van der Waals surface area contributed by atoms with Crippen LogP contribution in [0.3, 0.4) is 0 Å². The third-order valence-corrected chi connectivity index (χ3v) is 9.76. The summed E-state index contributed by atoms with van der Waals surface area (Å²) >= 11 is -4.82. The van der Waals surface area contributed by atoms with Gasteiger partial charge in [0.1, 0.15) is 0 Å². The van der Waals surface area contributed by atoms with Crippen LogP contribution in [0.5, 0.6) is 0 Å². The molecular weight excluding hydrogens is 603 g/mol. The number of benzene rings is 2. The molecule has 2 aromatic rings. The van der Waals surface area contributed by atoms with Crippen molar-refractivity contribution in [3.05, 3.63) is 66.8 Å². The second kappa shape index (κ2) is 7.63. The van der Waals surface area contributed by atoms with Crippen molar-refractivity contribution in [1.82, 2.24) is 0 Å². The van der Waals surface area contributed by atoms with E-state index in [4.69, 9.17) is 0 Å². The first-order valence-corrected chi connectivity index (χ1v) is 11.4. The molecule has 0 N–H and O–H groups in total. The van der Waals surface area contributed by atoms with Gasteiger partial charge in [0.05, 0.1) is 0 Å². The molecule has 1 aliphatic heterocycles. The quantitative estimate of drug-likeness (QED) is 0.301. The molecule has 1 heterocycles. The van der Waals surface area contributed by atoms with Gasteiger partial charge >= 0.3 is 184 Å². The number of halogens is 13. The summed E-state index contributed by atoms with van der Waals surface area (Å²) < 4.78 is 165. The fraction of sp³-hybridized carbons (Fsp3) is 0.333. The first-order chi connectivity index (χ1) is 14.8. The fourth-order valence-electron chi connectivity index (χ4n) is 3.16. The molecule has 184 valence electrons. The van der Waals surface area contributed by atoms with Crippen molar-refractivity contribution in [2.75, 3.05) is 0 Å². The molecule has 0 saturated heterocycles. The second-order valence-electron chi connectivity index (χ2n) is 6.64. The molecular formula is C18H8F12IO2-. The standard InChI is InChI=1S/C18H8F12IO2/c19-15(20,21)13(32,16(22,23)24)9-5-1-3-7-11(9)31-12-8-4-2-6-10(12)14(33-31,17(25,26)27)18(28,29)30/h1-8H/q-1. The van der Waals surface area contributed by atoms with Gasteiger partial charge in [-0.1, -0.05) is 0 Å². The maximum absolute atomic E-state index is 13.8. The normalized spacial score (nSPS) is 18.4. The van der Waals surface area contributed by atoms with E-state index < -0.39 is 74.4 Å². The van der Waals surface area contributed by atoms with Gasteiger partial charge in [-0.15, -0.1) is 0 Å². The van der Waals surface area contributed by atoms with Gasteiger partial charge in [-0.3, -0.25) is 0 Å². The Balaban J connectivity index is 2.36. The van der Waals surface area contributed by atoms with Crippen LogP contribution >= 0.6 is 20.2 Å². The van der Waals surface area contributed by atoms with Crippen molar-refractivity contribution in [1.29, 1.82) is 0 Å². The minimum absolute atomic E-state index is 0.0773. The SMILES string of the molecule is [O-]C(c1ccccc1I1OC(C(F)(F)F)(C(F)(F)F)c2ccccc21)(C(F)(F)F)C(F)(F)F. The molecule has 15 heteroatoms. The Bertz CT molecular complexity index is 1010. The summed E-state index contributed by atoms with van der Waals surface area (Å²) in [4.78, 5) is 0. The van der Waals surface area contributed by atoms with Gasteiger partial charge in [0, 0.05) is 0 Å². The van der Waals surface area contributed by atoms with E-state index in [9.17, 15) is 57.8 Å². The topological polar surface area (TPSA) is 32.3 Å². The third-order valence-electron chi connectivity index (χ3n) is 4.67. The van der Waals surface area contributed by atoms with Crippen LogP contribution in [-0.4, -0.2) is 24.7 Å². The molecule has 0 fully saturated rings. The number of fused-ring (bicyclic) bond motifs is 1. The summed E-state index contributed by atoms with van der Waals surface area (Å²) in [6.07, 6.45) is -25.4. The number of hydrogen-bond acceptors (Lipinski definition) is 2. The van der Waals surface area contributed by atoms with Crippen molar-refractivity contribution in [3.63, 3.8) is 0 Å². The zero-order valence-corrected chi connectivity index (χ0v) is 17.5. The van der Waals surface area contributed by atoms with Crippen LogP contribution in [0.15, 0.2) is 48.5 Å².